The maximum atomic E-state index is 5.70. The lowest BCUT2D eigenvalue weighted by atomic mass is 10.2. The van der Waals surface area contributed by atoms with Gasteiger partial charge in [-0.15, -0.1) is 12.4 Å². The highest BCUT2D eigenvalue weighted by atomic mass is 35.5. The van der Waals surface area contributed by atoms with Crippen molar-refractivity contribution < 1.29 is 4.74 Å². The number of nitrogens with two attached hydrogens (primary N) is 1. The van der Waals surface area contributed by atoms with E-state index in [-0.39, 0.29) is 12.4 Å². The zero-order chi connectivity index (χ0) is 15.1. The predicted octanol–water partition coefficient (Wildman–Crippen LogP) is 1.28. The molecule has 4 heterocycles. The monoisotopic (exact) mass is 335 g/mol. The van der Waals surface area contributed by atoms with Gasteiger partial charge in [-0.2, -0.15) is 0 Å². The highest BCUT2D eigenvalue weighted by Gasteiger charge is 2.43. The van der Waals surface area contributed by atoms with Crippen molar-refractivity contribution in [1.29, 1.82) is 0 Å². The average molecular weight is 336 g/mol. The number of aromatic nitrogens is 2. The summed E-state index contributed by atoms with van der Waals surface area (Å²) in [5, 5.41) is 0. The molecule has 0 aromatic carbocycles. The van der Waals surface area contributed by atoms with E-state index in [9.17, 15) is 0 Å². The average Bonchev–Trinajstić information content (AvgIpc) is 3.14. The number of piperazine rings is 1. The number of nitrogens with zero attached hydrogens (tertiary/aromatic N) is 4. The molecule has 2 atom stereocenters. The minimum atomic E-state index is 0. The maximum absolute atomic E-state index is 5.70. The summed E-state index contributed by atoms with van der Waals surface area (Å²) in [5.74, 6) is 0.635. The third kappa shape index (κ3) is 2.71. The predicted molar refractivity (Wildman–Crippen MR) is 93.5 cm³/mol. The SMILES string of the molecule is COc1ccc2nccc(N3CC4CC3CN4CCN)c2n1.Cl. The van der Waals surface area contributed by atoms with E-state index in [2.05, 4.69) is 25.8 Å². The van der Waals surface area contributed by atoms with Gasteiger partial charge in [-0.3, -0.25) is 9.88 Å². The van der Waals surface area contributed by atoms with E-state index < -0.39 is 0 Å². The Morgan fingerprint density at radius 1 is 1.26 bits per heavy atom. The van der Waals surface area contributed by atoms with E-state index in [1.165, 1.54) is 12.1 Å². The minimum absolute atomic E-state index is 0. The van der Waals surface area contributed by atoms with Crippen molar-refractivity contribution >= 4 is 29.1 Å². The molecule has 124 valence electrons. The molecule has 2 aliphatic rings. The molecule has 0 radical (unpaired) electrons. The van der Waals surface area contributed by atoms with Crippen molar-refractivity contribution in [3.63, 3.8) is 0 Å². The molecule has 7 heteroatoms. The lowest BCUT2D eigenvalue weighted by molar-refractivity contribution is 0.245. The van der Waals surface area contributed by atoms with Crippen LogP contribution in [0.4, 0.5) is 5.69 Å². The summed E-state index contributed by atoms with van der Waals surface area (Å²) in [6, 6.07) is 7.07. The van der Waals surface area contributed by atoms with Gasteiger partial charge in [0.2, 0.25) is 5.88 Å². The fourth-order valence-electron chi connectivity index (χ4n) is 3.82. The van der Waals surface area contributed by atoms with Crippen LogP contribution in [0.3, 0.4) is 0 Å². The molecule has 2 aromatic heterocycles. The van der Waals surface area contributed by atoms with Crippen molar-refractivity contribution in [1.82, 2.24) is 14.9 Å². The van der Waals surface area contributed by atoms with Crippen LogP contribution in [0, 0.1) is 0 Å². The first-order valence-electron chi connectivity index (χ1n) is 7.80. The minimum Gasteiger partial charge on any atom is -0.481 e. The Balaban J connectivity index is 0.00000156. The van der Waals surface area contributed by atoms with Crippen LogP contribution in [0.1, 0.15) is 6.42 Å². The number of rotatable bonds is 4. The first-order chi connectivity index (χ1) is 10.8. The van der Waals surface area contributed by atoms with Gasteiger partial charge >= 0.3 is 0 Å². The zero-order valence-electron chi connectivity index (χ0n) is 13.2. The summed E-state index contributed by atoms with van der Waals surface area (Å²) in [6.07, 6.45) is 3.09. The Labute approximate surface area is 142 Å². The second-order valence-corrected chi connectivity index (χ2v) is 6.03. The van der Waals surface area contributed by atoms with Gasteiger partial charge in [0.05, 0.1) is 18.3 Å². The van der Waals surface area contributed by atoms with E-state index in [1.54, 1.807) is 7.11 Å². The molecule has 2 saturated heterocycles. The number of anilines is 1. The van der Waals surface area contributed by atoms with Crippen LogP contribution in [-0.2, 0) is 0 Å². The smallest absolute Gasteiger partial charge is 0.213 e. The third-order valence-electron chi connectivity index (χ3n) is 4.83. The number of hydrogen-bond donors (Lipinski definition) is 1. The molecule has 2 aromatic rings. The third-order valence-corrected chi connectivity index (χ3v) is 4.83. The molecule has 2 fully saturated rings. The lowest BCUT2D eigenvalue weighted by Crippen LogP contribution is -2.47. The number of ether oxygens (including phenoxy) is 1. The second-order valence-electron chi connectivity index (χ2n) is 6.03. The molecule has 4 rings (SSSR count). The Hall–Kier alpha value is -1.63. The van der Waals surface area contributed by atoms with E-state index in [1.807, 2.05) is 18.3 Å². The summed E-state index contributed by atoms with van der Waals surface area (Å²) >= 11 is 0. The molecule has 0 amide bonds. The summed E-state index contributed by atoms with van der Waals surface area (Å²) < 4.78 is 5.27. The largest absolute Gasteiger partial charge is 0.481 e. The van der Waals surface area contributed by atoms with E-state index in [0.29, 0.717) is 18.0 Å². The molecular formula is C16H22ClN5O. The highest BCUT2D eigenvalue weighted by molar-refractivity contribution is 5.88. The van der Waals surface area contributed by atoms with Crippen LogP contribution in [0.5, 0.6) is 5.88 Å². The lowest BCUT2D eigenvalue weighted by Gasteiger charge is -2.35. The van der Waals surface area contributed by atoms with Gasteiger partial charge in [-0.25, -0.2) is 4.98 Å². The number of methoxy groups -OCH3 is 1. The van der Waals surface area contributed by atoms with Gasteiger partial charge in [-0.05, 0) is 18.6 Å². The molecular weight excluding hydrogens is 314 g/mol. The Kier molecular flexibility index (Phi) is 4.57. The Morgan fingerprint density at radius 2 is 2.13 bits per heavy atom. The number of hydrogen-bond acceptors (Lipinski definition) is 6. The van der Waals surface area contributed by atoms with Crippen molar-refractivity contribution in [2.75, 3.05) is 38.2 Å². The van der Waals surface area contributed by atoms with Crippen molar-refractivity contribution in [2.45, 2.75) is 18.5 Å². The van der Waals surface area contributed by atoms with Gasteiger partial charge in [-0.1, -0.05) is 0 Å². The summed E-state index contributed by atoms with van der Waals surface area (Å²) in [4.78, 5) is 14.0. The van der Waals surface area contributed by atoms with Crippen LogP contribution in [0.25, 0.3) is 11.0 Å². The van der Waals surface area contributed by atoms with E-state index >= 15 is 0 Å². The van der Waals surface area contributed by atoms with Crippen molar-refractivity contribution in [3.8, 4) is 5.88 Å². The first kappa shape index (κ1) is 16.2. The van der Waals surface area contributed by atoms with Crippen molar-refractivity contribution in [2.24, 2.45) is 5.73 Å². The van der Waals surface area contributed by atoms with E-state index in [0.717, 1.165) is 37.2 Å². The quantitative estimate of drug-likeness (QED) is 0.908. The fraction of sp³-hybridized carbons (Fsp3) is 0.500. The number of likely N-dealkylation sites (tertiary alicyclic amines) is 1. The van der Waals surface area contributed by atoms with Gasteiger partial charge < -0.3 is 15.4 Å². The maximum Gasteiger partial charge on any atom is 0.213 e. The normalized spacial score (nSPS) is 23.3. The van der Waals surface area contributed by atoms with Crippen LogP contribution >= 0.6 is 12.4 Å². The summed E-state index contributed by atoms with van der Waals surface area (Å²) in [6.45, 7) is 3.87. The zero-order valence-corrected chi connectivity index (χ0v) is 14.0. The molecule has 2 aliphatic heterocycles. The molecule has 23 heavy (non-hydrogen) atoms. The Morgan fingerprint density at radius 3 is 2.83 bits per heavy atom. The van der Waals surface area contributed by atoms with Crippen LogP contribution in [-0.4, -0.2) is 60.2 Å². The molecule has 6 nitrogen and oxygen atoms in total. The first-order valence-corrected chi connectivity index (χ1v) is 7.80. The number of pyridine rings is 2. The topological polar surface area (TPSA) is 67.5 Å². The van der Waals surface area contributed by atoms with Gasteiger partial charge in [0.1, 0.15) is 5.52 Å². The Bertz CT molecular complexity index is 697. The van der Waals surface area contributed by atoms with Crippen molar-refractivity contribution in [3.05, 3.63) is 24.4 Å². The molecule has 2 N–H and O–H groups in total. The fourth-order valence-corrected chi connectivity index (χ4v) is 3.82. The standard InChI is InChI=1S/C16H21N5O.ClH/c1-22-15-3-2-13-16(19-15)14(4-6-18-13)21-10-11-8-12(21)9-20(11)7-5-17;/h2-4,6,11-12H,5,7-10,17H2,1H3;1H. The number of halogens is 1. The second kappa shape index (κ2) is 6.47. The van der Waals surface area contributed by atoms with Gasteiger partial charge in [0, 0.05) is 50.5 Å². The summed E-state index contributed by atoms with van der Waals surface area (Å²) in [7, 11) is 1.65. The molecule has 2 unspecified atom stereocenters. The van der Waals surface area contributed by atoms with Gasteiger partial charge in [0.15, 0.2) is 0 Å². The number of fused-ring (bicyclic) bond motifs is 3. The molecule has 0 aliphatic carbocycles. The molecule has 0 saturated carbocycles. The van der Waals surface area contributed by atoms with Crippen LogP contribution in [0.15, 0.2) is 24.4 Å². The summed E-state index contributed by atoms with van der Waals surface area (Å²) in [5.41, 5.74) is 8.72. The van der Waals surface area contributed by atoms with Gasteiger partial charge in [0.25, 0.3) is 0 Å². The van der Waals surface area contributed by atoms with Crippen LogP contribution in [0.2, 0.25) is 0 Å². The molecule has 0 spiro atoms. The highest BCUT2D eigenvalue weighted by Crippen LogP contribution is 2.37. The molecule has 2 bridgehead atoms. The van der Waals surface area contributed by atoms with E-state index in [4.69, 9.17) is 10.5 Å². The van der Waals surface area contributed by atoms with Crippen LogP contribution < -0.4 is 15.4 Å².